The zero-order valence-electron chi connectivity index (χ0n) is 8.22. The Hall–Kier alpha value is -1.22. The molecule has 0 fully saturated rings. The molecule has 14 heavy (non-hydrogen) atoms. The molecule has 0 unspecified atom stereocenters. The lowest BCUT2D eigenvalue weighted by Crippen LogP contribution is -2.09. The predicted molar refractivity (Wildman–Crippen MR) is 55.9 cm³/mol. The molecule has 0 saturated carbocycles. The summed E-state index contributed by atoms with van der Waals surface area (Å²) in [7, 11) is 1.67. The van der Waals surface area contributed by atoms with Gasteiger partial charge in [-0.1, -0.05) is 11.6 Å². The first-order valence-electron chi connectivity index (χ1n) is 4.27. The molecular formula is C10H10ClNO2. The Bertz CT molecular complexity index is 565. The second-order valence-electron chi connectivity index (χ2n) is 3.41. The zero-order valence-corrected chi connectivity index (χ0v) is 8.97. The van der Waals surface area contributed by atoms with Crippen molar-refractivity contribution in [1.82, 2.24) is 4.57 Å². The molecule has 0 amide bonds. The number of oxazole rings is 1. The van der Waals surface area contributed by atoms with Gasteiger partial charge in [0.15, 0.2) is 5.58 Å². The predicted octanol–water partition coefficient (Wildman–Crippen LogP) is 2.40. The fourth-order valence-electron chi connectivity index (χ4n) is 1.66. The van der Waals surface area contributed by atoms with Gasteiger partial charge in [-0.05, 0) is 31.0 Å². The van der Waals surface area contributed by atoms with Crippen LogP contribution in [-0.2, 0) is 7.05 Å². The van der Waals surface area contributed by atoms with Crippen LogP contribution in [0.2, 0.25) is 5.02 Å². The number of hydrogen-bond acceptors (Lipinski definition) is 2. The zero-order chi connectivity index (χ0) is 10.5. The Kier molecular flexibility index (Phi) is 1.93. The third-order valence-electron chi connectivity index (χ3n) is 2.42. The number of hydrogen-bond donors (Lipinski definition) is 0. The molecule has 0 saturated heterocycles. The van der Waals surface area contributed by atoms with Gasteiger partial charge >= 0.3 is 5.76 Å². The average Bonchev–Trinajstić information content (AvgIpc) is 2.39. The standard InChI is InChI=1S/C10H10ClNO2/c1-5-4-7-9(6(2)8(5)11)12(3)10(13)14-7/h4H,1-3H3. The Labute approximate surface area is 85.9 Å². The number of aromatic nitrogens is 1. The van der Waals surface area contributed by atoms with Crippen molar-refractivity contribution in [1.29, 1.82) is 0 Å². The highest BCUT2D eigenvalue weighted by Gasteiger charge is 2.12. The van der Waals surface area contributed by atoms with Crippen LogP contribution in [0.5, 0.6) is 0 Å². The Morgan fingerprint density at radius 3 is 2.71 bits per heavy atom. The molecule has 0 aliphatic carbocycles. The van der Waals surface area contributed by atoms with Crippen molar-refractivity contribution >= 4 is 22.7 Å². The smallest absolute Gasteiger partial charge is 0.408 e. The van der Waals surface area contributed by atoms with Crippen molar-refractivity contribution in [3.05, 3.63) is 32.8 Å². The van der Waals surface area contributed by atoms with Gasteiger partial charge in [0.2, 0.25) is 0 Å². The van der Waals surface area contributed by atoms with Crippen LogP contribution in [-0.4, -0.2) is 4.57 Å². The highest BCUT2D eigenvalue weighted by Crippen LogP contribution is 2.27. The van der Waals surface area contributed by atoms with Gasteiger partial charge < -0.3 is 4.42 Å². The minimum absolute atomic E-state index is 0.357. The molecule has 2 rings (SSSR count). The van der Waals surface area contributed by atoms with Crippen molar-refractivity contribution in [2.45, 2.75) is 13.8 Å². The van der Waals surface area contributed by atoms with E-state index >= 15 is 0 Å². The average molecular weight is 212 g/mol. The van der Waals surface area contributed by atoms with E-state index in [1.165, 1.54) is 4.57 Å². The van der Waals surface area contributed by atoms with Gasteiger partial charge in [0, 0.05) is 12.1 Å². The molecular weight excluding hydrogens is 202 g/mol. The molecule has 0 aliphatic heterocycles. The number of fused-ring (bicyclic) bond motifs is 1. The van der Waals surface area contributed by atoms with E-state index < -0.39 is 0 Å². The lowest BCUT2D eigenvalue weighted by molar-refractivity contribution is 0.528. The molecule has 74 valence electrons. The highest BCUT2D eigenvalue weighted by molar-refractivity contribution is 6.33. The number of benzene rings is 1. The highest BCUT2D eigenvalue weighted by atomic mass is 35.5. The van der Waals surface area contributed by atoms with Crippen LogP contribution in [0.4, 0.5) is 0 Å². The second-order valence-corrected chi connectivity index (χ2v) is 3.78. The van der Waals surface area contributed by atoms with E-state index in [2.05, 4.69) is 0 Å². The first kappa shape index (κ1) is 9.34. The van der Waals surface area contributed by atoms with Crippen molar-refractivity contribution in [3.8, 4) is 0 Å². The third-order valence-corrected chi connectivity index (χ3v) is 3.00. The summed E-state index contributed by atoms with van der Waals surface area (Å²) in [6.45, 7) is 3.77. The van der Waals surface area contributed by atoms with E-state index in [4.69, 9.17) is 16.0 Å². The Morgan fingerprint density at radius 1 is 1.43 bits per heavy atom. The minimum atomic E-state index is -0.357. The molecule has 3 nitrogen and oxygen atoms in total. The van der Waals surface area contributed by atoms with Crippen LogP contribution in [0.15, 0.2) is 15.3 Å². The molecule has 0 aliphatic rings. The largest absolute Gasteiger partial charge is 0.419 e. The molecule has 0 radical (unpaired) electrons. The SMILES string of the molecule is Cc1cc2oc(=O)n(C)c2c(C)c1Cl. The van der Waals surface area contributed by atoms with Gasteiger partial charge in [0.1, 0.15) is 0 Å². The van der Waals surface area contributed by atoms with E-state index in [1.807, 2.05) is 13.8 Å². The van der Waals surface area contributed by atoms with E-state index in [-0.39, 0.29) is 5.76 Å². The van der Waals surface area contributed by atoms with E-state index in [0.29, 0.717) is 10.6 Å². The number of aryl methyl sites for hydroxylation is 3. The molecule has 0 atom stereocenters. The maximum atomic E-state index is 11.3. The topological polar surface area (TPSA) is 35.1 Å². The normalized spacial score (nSPS) is 11.1. The molecule has 0 N–H and O–H groups in total. The van der Waals surface area contributed by atoms with Crippen molar-refractivity contribution in [3.63, 3.8) is 0 Å². The summed E-state index contributed by atoms with van der Waals surface area (Å²) in [6.07, 6.45) is 0. The van der Waals surface area contributed by atoms with Crippen LogP contribution in [0.3, 0.4) is 0 Å². The summed E-state index contributed by atoms with van der Waals surface area (Å²) in [5.74, 6) is -0.357. The van der Waals surface area contributed by atoms with Crippen molar-refractivity contribution < 1.29 is 4.42 Å². The molecule has 1 heterocycles. The molecule has 0 bridgehead atoms. The maximum Gasteiger partial charge on any atom is 0.419 e. The fourth-order valence-corrected chi connectivity index (χ4v) is 1.81. The fraction of sp³-hybridized carbons (Fsp3) is 0.300. The van der Waals surface area contributed by atoms with Gasteiger partial charge in [-0.25, -0.2) is 4.79 Å². The van der Waals surface area contributed by atoms with Gasteiger partial charge in [-0.2, -0.15) is 0 Å². The number of nitrogens with zero attached hydrogens (tertiary/aromatic N) is 1. The van der Waals surface area contributed by atoms with E-state index in [1.54, 1.807) is 13.1 Å². The Morgan fingerprint density at radius 2 is 2.07 bits per heavy atom. The van der Waals surface area contributed by atoms with Gasteiger partial charge in [-0.3, -0.25) is 4.57 Å². The van der Waals surface area contributed by atoms with E-state index in [9.17, 15) is 4.79 Å². The van der Waals surface area contributed by atoms with Crippen molar-refractivity contribution in [2.75, 3.05) is 0 Å². The first-order valence-corrected chi connectivity index (χ1v) is 4.65. The van der Waals surface area contributed by atoms with Crippen LogP contribution in [0.1, 0.15) is 11.1 Å². The molecule has 1 aromatic carbocycles. The van der Waals surface area contributed by atoms with Crippen LogP contribution < -0.4 is 5.76 Å². The quantitative estimate of drug-likeness (QED) is 0.671. The van der Waals surface area contributed by atoms with Gasteiger partial charge in [-0.15, -0.1) is 0 Å². The summed E-state index contributed by atoms with van der Waals surface area (Å²) >= 11 is 6.08. The summed E-state index contributed by atoms with van der Waals surface area (Å²) in [5.41, 5.74) is 3.17. The third kappa shape index (κ3) is 1.09. The van der Waals surface area contributed by atoms with Gasteiger partial charge in [0.25, 0.3) is 0 Å². The summed E-state index contributed by atoms with van der Waals surface area (Å²) in [5, 5.41) is 0.689. The molecule has 0 spiro atoms. The van der Waals surface area contributed by atoms with Crippen LogP contribution in [0.25, 0.3) is 11.1 Å². The van der Waals surface area contributed by atoms with Crippen molar-refractivity contribution in [2.24, 2.45) is 7.05 Å². The lowest BCUT2D eigenvalue weighted by atomic mass is 10.1. The molecule has 4 heteroatoms. The number of rotatable bonds is 0. The van der Waals surface area contributed by atoms with Gasteiger partial charge in [0.05, 0.1) is 5.52 Å². The van der Waals surface area contributed by atoms with Crippen LogP contribution >= 0.6 is 11.6 Å². The molecule has 1 aromatic heterocycles. The first-order chi connectivity index (χ1) is 6.52. The summed E-state index contributed by atoms with van der Waals surface area (Å²) in [6, 6.07) is 1.78. The minimum Gasteiger partial charge on any atom is -0.408 e. The Balaban J connectivity index is 3.06. The number of halogens is 1. The van der Waals surface area contributed by atoms with Crippen LogP contribution in [0, 0.1) is 13.8 Å². The monoisotopic (exact) mass is 211 g/mol. The summed E-state index contributed by atoms with van der Waals surface area (Å²) in [4.78, 5) is 11.3. The lowest BCUT2D eigenvalue weighted by Gasteiger charge is -2.03. The molecule has 2 aromatic rings. The maximum absolute atomic E-state index is 11.3. The van der Waals surface area contributed by atoms with E-state index in [0.717, 1.165) is 16.6 Å². The summed E-state index contributed by atoms with van der Waals surface area (Å²) < 4.78 is 6.53. The second kappa shape index (κ2) is 2.89.